The molecule has 1 saturated heterocycles. The number of aliphatic imine (C=N–C) groups is 1. The minimum absolute atomic E-state index is 0.0628. The van der Waals surface area contributed by atoms with Crippen molar-refractivity contribution >= 4 is 17.8 Å². The molecule has 3 unspecified atom stereocenters. The summed E-state index contributed by atoms with van der Waals surface area (Å²) < 4.78 is 0. The molecule has 2 aliphatic heterocycles. The van der Waals surface area contributed by atoms with Gasteiger partial charge in [0.25, 0.3) is 5.91 Å². The lowest BCUT2D eigenvalue weighted by atomic mass is 9.98. The number of carbonyl (C=O) groups is 2. The topological polar surface area (TPSA) is 56.2 Å². The van der Waals surface area contributed by atoms with E-state index in [1.807, 2.05) is 11.9 Å². The summed E-state index contributed by atoms with van der Waals surface area (Å²) in [4.78, 5) is 33.9. The fraction of sp³-hybridized carbons (Fsp3) is 0.471. The maximum atomic E-state index is 12.5. The molecule has 3 atom stereocenters. The molecule has 0 bridgehead atoms. The first kappa shape index (κ1) is 15.5. The number of nitrogens with zero attached hydrogens (tertiary/aromatic N) is 4. The lowest BCUT2D eigenvalue weighted by Gasteiger charge is -2.39. The molecule has 3 amide bonds. The van der Waals surface area contributed by atoms with Crippen molar-refractivity contribution in [2.75, 3.05) is 21.1 Å². The van der Waals surface area contributed by atoms with Gasteiger partial charge in [0, 0.05) is 27.1 Å². The summed E-state index contributed by atoms with van der Waals surface area (Å²) in [6.45, 7) is 4.13. The number of rotatable bonds is 2. The lowest BCUT2D eigenvalue weighted by Crippen LogP contribution is -2.63. The van der Waals surface area contributed by atoms with E-state index in [0.717, 1.165) is 11.4 Å². The zero-order valence-electron chi connectivity index (χ0n) is 14.1. The van der Waals surface area contributed by atoms with Crippen LogP contribution in [0.4, 0.5) is 4.79 Å². The zero-order valence-corrected chi connectivity index (χ0v) is 14.1. The second kappa shape index (κ2) is 5.37. The van der Waals surface area contributed by atoms with Crippen LogP contribution in [0.25, 0.3) is 0 Å². The van der Waals surface area contributed by atoms with E-state index in [4.69, 9.17) is 4.99 Å². The quantitative estimate of drug-likeness (QED) is 0.834. The van der Waals surface area contributed by atoms with E-state index >= 15 is 0 Å². The van der Waals surface area contributed by atoms with Gasteiger partial charge in [-0.15, -0.1) is 0 Å². The minimum atomic E-state index is -0.445. The molecular weight excluding hydrogens is 292 g/mol. The van der Waals surface area contributed by atoms with Gasteiger partial charge in [-0.2, -0.15) is 0 Å². The molecular formula is C17H22N4O2. The SMILES string of the molecule is Cc1ccc(C(C)C2=NC3C(C(=O)N(C)C(=O)N3C)N2C)cc1. The van der Waals surface area contributed by atoms with Crippen molar-refractivity contribution in [1.82, 2.24) is 14.7 Å². The van der Waals surface area contributed by atoms with Gasteiger partial charge in [0.1, 0.15) is 5.84 Å². The number of urea groups is 1. The fourth-order valence-electron chi connectivity index (χ4n) is 3.30. The maximum absolute atomic E-state index is 12.5. The van der Waals surface area contributed by atoms with Crippen LogP contribution in [0.3, 0.4) is 0 Å². The number of likely N-dealkylation sites (N-methyl/N-ethyl adjacent to an activating group) is 3. The molecule has 1 fully saturated rings. The Morgan fingerprint density at radius 1 is 1.04 bits per heavy atom. The average molecular weight is 314 g/mol. The highest BCUT2D eigenvalue weighted by atomic mass is 16.2. The Morgan fingerprint density at radius 3 is 2.26 bits per heavy atom. The molecule has 0 N–H and O–H groups in total. The van der Waals surface area contributed by atoms with E-state index in [1.54, 1.807) is 7.05 Å². The minimum Gasteiger partial charge on any atom is -0.347 e. The summed E-state index contributed by atoms with van der Waals surface area (Å²) in [7, 11) is 5.09. The smallest absolute Gasteiger partial charge is 0.328 e. The van der Waals surface area contributed by atoms with Crippen LogP contribution in [0.1, 0.15) is 24.0 Å². The van der Waals surface area contributed by atoms with Crippen LogP contribution in [0.5, 0.6) is 0 Å². The Hall–Kier alpha value is -2.37. The molecule has 3 rings (SSSR count). The van der Waals surface area contributed by atoms with Crippen LogP contribution in [-0.2, 0) is 4.79 Å². The largest absolute Gasteiger partial charge is 0.347 e. The van der Waals surface area contributed by atoms with Crippen LogP contribution in [-0.4, -0.2) is 65.8 Å². The predicted molar refractivity (Wildman–Crippen MR) is 88.3 cm³/mol. The second-order valence-electron chi connectivity index (χ2n) is 6.38. The van der Waals surface area contributed by atoms with E-state index in [-0.39, 0.29) is 17.9 Å². The summed E-state index contributed by atoms with van der Waals surface area (Å²) in [5, 5.41) is 0. The summed E-state index contributed by atoms with van der Waals surface area (Å²) >= 11 is 0. The van der Waals surface area contributed by atoms with E-state index in [1.165, 1.54) is 22.4 Å². The van der Waals surface area contributed by atoms with Crippen molar-refractivity contribution in [2.45, 2.75) is 32.0 Å². The summed E-state index contributed by atoms with van der Waals surface area (Å²) in [5.74, 6) is 0.704. The molecule has 0 radical (unpaired) electrons. The van der Waals surface area contributed by atoms with Gasteiger partial charge in [-0.05, 0) is 12.5 Å². The van der Waals surface area contributed by atoms with E-state index in [9.17, 15) is 9.59 Å². The number of benzene rings is 1. The molecule has 1 aromatic rings. The average Bonchev–Trinajstić information content (AvgIpc) is 2.88. The third kappa shape index (κ3) is 2.29. The number of fused-ring (bicyclic) bond motifs is 1. The Kier molecular flexibility index (Phi) is 3.62. The molecule has 2 heterocycles. The summed E-state index contributed by atoms with van der Waals surface area (Å²) in [6.07, 6.45) is -0.445. The number of imide groups is 1. The molecule has 1 aromatic carbocycles. The van der Waals surface area contributed by atoms with E-state index in [2.05, 4.69) is 38.1 Å². The van der Waals surface area contributed by atoms with Crippen molar-refractivity contribution < 1.29 is 9.59 Å². The number of hydrogen-bond donors (Lipinski definition) is 0. The van der Waals surface area contributed by atoms with Gasteiger partial charge in [-0.1, -0.05) is 36.8 Å². The monoisotopic (exact) mass is 314 g/mol. The van der Waals surface area contributed by atoms with Gasteiger partial charge in [-0.3, -0.25) is 9.69 Å². The Bertz CT molecular complexity index is 682. The third-order valence-electron chi connectivity index (χ3n) is 4.86. The maximum Gasteiger partial charge on any atom is 0.328 e. The molecule has 2 aliphatic rings. The number of carbonyl (C=O) groups excluding carboxylic acids is 2. The van der Waals surface area contributed by atoms with Crippen molar-refractivity contribution in [2.24, 2.45) is 4.99 Å². The van der Waals surface area contributed by atoms with Crippen molar-refractivity contribution in [3.63, 3.8) is 0 Å². The molecule has 0 aromatic heterocycles. The van der Waals surface area contributed by atoms with Crippen LogP contribution in [0.15, 0.2) is 29.3 Å². The molecule has 23 heavy (non-hydrogen) atoms. The highest BCUT2D eigenvalue weighted by Gasteiger charge is 2.50. The van der Waals surface area contributed by atoms with Gasteiger partial charge in [0.05, 0.1) is 0 Å². The summed E-state index contributed by atoms with van der Waals surface area (Å²) in [6, 6.07) is 7.57. The van der Waals surface area contributed by atoms with Crippen LogP contribution in [0, 0.1) is 6.92 Å². The predicted octanol–water partition coefficient (Wildman–Crippen LogP) is 1.66. The molecule has 0 saturated carbocycles. The van der Waals surface area contributed by atoms with Gasteiger partial charge in [0.2, 0.25) is 0 Å². The molecule has 122 valence electrons. The first-order valence-electron chi connectivity index (χ1n) is 7.74. The Balaban J connectivity index is 1.94. The second-order valence-corrected chi connectivity index (χ2v) is 6.38. The molecule has 0 aliphatic carbocycles. The number of aryl methyl sites for hydroxylation is 1. The van der Waals surface area contributed by atoms with Crippen molar-refractivity contribution in [1.29, 1.82) is 0 Å². The first-order valence-corrected chi connectivity index (χ1v) is 7.74. The third-order valence-corrected chi connectivity index (χ3v) is 4.86. The van der Waals surface area contributed by atoms with Crippen LogP contribution in [0.2, 0.25) is 0 Å². The Labute approximate surface area is 136 Å². The fourth-order valence-corrected chi connectivity index (χ4v) is 3.30. The molecule has 0 spiro atoms. The number of amidine groups is 1. The lowest BCUT2D eigenvalue weighted by molar-refractivity contribution is -0.135. The Morgan fingerprint density at radius 2 is 1.65 bits per heavy atom. The molecule has 6 heteroatoms. The number of hydrogen-bond acceptors (Lipinski definition) is 4. The van der Waals surface area contributed by atoms with Crippen molar-refractivity contribution in [3.05, 3.63) is 35.4 Å². The first-order chi connectivity index (χ1) is 10.8. The van der Waals surface area contributed by atoms with Crippen LogP contribution >= 0.6 is 0 Å². The van der Waals surface area contributed by atoms with Gasteiger partial charge < -0.3 is 9.80 Å². The van der Waals surface area contributed by atoms with Gasteiger partial charge in [0.15, 0.2) is 12.2 Å². The summed E-state index contributed by atoms with van der Waals surface area (Å²) in [5.41, 5.74) is 2.35. The van der Waals surface area contributed by atoms with E-state index in [0.29, 0.717) is 0 Å². The molecule has 6 nitrogen and oxygen atoms in total. The standard InChI is InChI=1S/C17H22N4O2/c1-10-6-8-12(9-7-10)11(2)14-18-15-13(19(14)3)16(22)21(5)17(23)20(15)4/h6-9,11,13,15H,1-5H3. The van der Waals surface area contributed by atoms with Gasteiger partial charge in [-0.25, -0.2) is 9.79 Å². The van der Waals surface area contributed by atoms with E-state index < -0.39 is 12.2 Å². The van der Waals surface area contributed by atoms with Crippen molar-refractivity contribution in [3.8, 4) is 0 Å². The number of amides is 3. The van der Waals surface area contributed by atoms with Gasteiger partial charge >= 0.3 is 6.03 Å². The zero-order chi connectivity index (χ0) is 16.9. The highest BCUT2D eigenvalue weighted by Crippen LogP contribution is 2.31. The van der Waals surface area contributed by atoms with Crippen LogP contribution < -0.4 is 0 Å². The highest BCUT2D eigenvalue weighted by molar-refractivity contribution is 6.04. The normalized spacial score (nSPS) is 25.6.